The fourth-order valence-electron chi connectivity index (χ4n) is 3.49. The highest BCUT2D eigenvalue weighted by atomic mass is 79.9. The van der Waals surface area contributed by atoms with E-state index < -0.39 is 0 Å². The molecule has 0 bridgehead atoms. The van der Waals surface area contributed by atoms with Crippen molar-refractivity contribution in [3.05, 3.63) is 33.4 Å². The van der Waals surface area contributed by atoms with Crippen LogP contribution < -0.4 is 5.32 Å². The Labute approximate surface area is 123 Å². The Hall–Kier alpha value is -0.800. The van der Waals surface area contributed by atoms with Crippen LogP contribution in [0.25, 0.3) is 10.9 Å². The first kappa shape index (κ1) is 13.2. The molecule has 19 heavy (non-hydrogen) atoms. The van der Waals surface area contributed by atoms with Crippen LogP contribution in [0.2, 0.25) is 0 Å². The lowest BCUT2D eigenvalue weighted by molar-refractivity contribution is 0.264. The van der Waals surface area contributed by atoms with Crippen molar-refractivity contribution >= 4 is 26.8 Å². The normalized spacial score (nSPS) is 21.6. The maximum absolute atomic E-state index is 3.67. The van der Waals surface area contributed by atoms with Crippen molar-refractivity contribution in [2.24, 2.45) is 5.41 Å². The summed E-state index contributed by atoms with van der Waals surface area (Å²) in [5.41, 5.74) is 5.85. The van der Waals surface area contributed by atoms with E-state index in [1.807, 2.05) is 0 Å². The molecular weight excluding hydrogens is 300 g/mol. The maximum atomic E-state index is 3.67. The van der Waals surface area contributed by atoms with Gasteiger partial charge in [-0.1, -0.05) is 29.8 Å². The molecule has 0 radical (unpaired) electrons. The molecule has 2 nitrogen and oxygen atoms in total. The lowest BCUT2D eigenvalue weighted by Gasteiger charge is -2.35. The number of aromatic nitrogens is 1. The highest BCUT2D eigenvalue weighted by Crippen LogP contribution is 2.44. The minimum absolute atomic E-state index is 0.354. The Balaban J connectivity index is 2.29. The summed E-state index contributed by atoms with van der Waals surface area (Å²) < 4.78 is 1.17. The lowest BCUT2D eigenvalue weighted by Crippen LogP contribution is -2.31. The summed E-state index contributed by atoms with van der Waals surface area (Å²) in [6, 6.07) is 4.88. The van der Waals surface area contributed by atoms with Gasteiger partial charge in [0.1, 0.15) is 0 Å². The number of hydrogen-bond acceptors (Lipinski definition) is 1. The number of hydrogen-bond donors (Lipinski definition) is 2. The van der Waals surface area contributed by atoms with Gasteiger partial charge in [0, 0.05) is 27.1 Å². The summed E-state index contributed by atoms with van der Waals surface area (Å²) in [7, 11) is 2.07. The zero-order chi connectivity index (χ0) is 13.8. The molecule has 0 saturated heterocycles. The van der Waals surface area contributed by atoms with Gasteiger partial charge < -0.3 is 10.3 Å². The van der Waals surface area contributed by atoms with E-state index in [1.165, 1.54) is 38.6 Å². The van der Waals surface area contributed by atoms with Crippen LogP contribution in [0.5, 0.6) is 0 Å². The van der Waals surface area contributed by atoms with Gasteiger partial charge in [0.15, 0.2) is 0 Å². The predicted octanol–water partition coefficient (Wildman–Crippen LogP) is 4.47. The van der Waals surface area contributed by atoms with Crippen LogP contribution in [-0.2, 0) is 6.42 Å². The second kappa shape index (κ2) is 4.35. The minimum atomic E-state index is 0.354. The second-order valence-corrected chi connectivity index (χ2v) is 7.46. The standard InChI is InChI=1S/C16H21BrN2/c1-9-5-10(17)6-11-14-12(18-4)7-16(2,3)8-13(14)19-15(9)11/h5-6,12,18-19H,7-8H2,1-4H3. The lowest BCUT2D eigenvalue weighted by atomic mass is 9.74. The van der Waals surface area contributed by atoms with E-state index in [-0.39, 0.29) is 0 Å². The summed E-state index contributed by atoms with van der Waals surface area (Å²) in [6.45, 7) is 6.89. The Morgan fingerprint density at radius 2 is 2.11 bits per heavy atom. The SMILES string of the molecule is CNC1CC(C)(C)Cc2[nH]c3c(C)cc(Br)cc3c21. The van der Waals surface area contributed by atoms with Gasteiger partial charge in [0.25, 0.3) is 0 Å². The predicted molar refractivity (Wildman–Crippen MR) is 84.6 cm³/mol. The first-order valence-corrected chi connectivity index (χ1v) is 7.68. The van der Waals surface area contributed by atoms with Crippen LogP contribution in [-0.4, -0.2) is 12.0 Å². The third-order valence-electron chi connectivity index (χ3n) is 4.30. The number of nitrogens with one attached hydrogen (secondary N) is 2. The van der Waals surface area contributed by atoms with E-state index in [0.29, 0.717) is 11.5 Å². The van der Waals surface area contributed by atoms with Crippen LogP contribution in [0, 0.1) is 12.3 Å². The molecule has 1 aromatic heterocycles. The van der Waals surface area contributed by atoms with Gasteiger partial charge in [0.2, 0.25) is 0 Å². The summed E-state index contributed by atoms with van der Waals surface area (Å²) >= 11 is 3.63. The molecule has 3 heteroatoms. The Morgan fingerprint density at radius 3 is 2.79 bits per heavy atom. The Morgan fingerprint density at radius 1 is 1.37 bits per heavy atom. The fraction of sp³-hybridized carbons (Fsp3) is 0.500. The summed E-state index contributed by atoms with van der Waals surface area (Å²) in [6.07, 6.45) is 2.32. The maximum Gasteiger partial charge on any atom is 0.0490 e. The van der Waals surface area contributed by atoms with Crippen molar-refractivity contribution in [3.63, 3.8) is 0 Å². The van der Waals surface area contributed by atoms with Gasteiger partial charge in [0.05, 0.1) is 0 Å². The molecule has 3 rings (SSSR count). The summed E-state index contributed by atoms with van der Waals surface area (Å²) in [5, 5.41) is 4.87. The molecule has 2 N–H and O–H groups in total. The summed E-state index contributed by atoms with van der Waals surface area (Å²) in [4.78, 5) is 3.67. The molecule has 0 aliphatic heterocycles. The molecule has 1 aromatic carbocycles. The molecule has 1 atom stereocenters. The monoisotopic (exact) mass is 320 g/mol. The van der Waals surface area contributed by atoms with Gasteiger partial charge in [-0.2, -0.15) is 0 Å². The Kier molecular flexibility index (Phi) is 3.02. The number of benzene rings is 1. The van der Waals surface area contributed by atoms with E-state index in [0.717, 1.165) is 6.42 Å². The first-order chi connectivity index (χ1) is 8.91. The van der Waals surface area contributed by atoms with Gasteiger partial charge in [-0.3, -0.25) is 0 Å². The van der Waals surface area contributed by atoms with Crippen molar-refractivity contribution in [3.8, 4) is 0 Å². The number of aromatic amines is 1. The van der Waals surface area contributed by atoms with E-state index in [4.69, 9.17) is 0 Å². The molecule has 0 amide bonds. The topological polar surface area (TPSA) is 27.8 Å². The van der Waals surface area contributed by atoms with E-state index in [1.54, 1.807) is 0 Å². The van der Waals surface area contributed by atoms with Crippen molar-refractivity contribution in [1.29, 1.82) is 0 Å². The number of fused-ring (bicyclic) bond motifs is 3. The quantitative estimate of drug-likeness (QED) is 0.797. The molecule has 102 valence electrons. The molecule has 1 aliphatic rings. The molecule has 1 unspecified atom stereocenters. The van der Waals surface area contributed by atoms with Crippen molar-refractivity contribution in [2.45, 2.75) is 39.7 Å². The molecular formula is C16H21BrN2. The number of H-pyrrole nitrogens is 1. The zero-order valence-electron chi connectivity index (χ0n) is 12.0. The van der Waals surface area contributed by atoms with Crippen molar-refractivity contribution in [1.82, 2.24) is 10.3 Å². The minimum Gasteiger partial charge on any atom is -0.358 e. The van der Waals surface area contributed by atoms with Crippen LogP contribution in [0.1, 0.15) is 43.1 Å². The van der Waals surface area contributed by atoms with Gasteiger partial charge in [-0.05, 0) is 55.5 Å². The van der Waals surface area contributed by atoms with E-state index >= 15 is 0 Å². The van der Waals surface area contributed by atoms with Crippen LogP contribution in [0.3, 0.4) is 0 Å². The average molecular weight is 321 g/mol. The summed E-state index contributed by atoms with van der Waals surface area (Å²) in [5.74, 6) is 0. The van der Waals surface area contributed by atoms with Gasteiger partial charge in [-0.15, -0.1) is 0 Å². The fourth-order valence-corrected chi connectivity index (χ4v) is 4.06. The number of aryl methyl sites for hydroxylation is 1. The molecule has 0 spiro atoms. The number of halogens is 1. The molecule has 1 heterocycles. The van der Waals surface area contributed by atoms with Crippen LogP contribution >= 0.6 is 15.9 Å². The third kappa shape index (κ3) is 2.13. The highest BCUT2D eigenvalue weighted by molar-refractivity contribution is 9.10. The Bertz CT molecular complexity index is 640. The van der Waals surface area contributed by atoms with Gasteiger partial charge >= 0.3 is 0 Å². The molecule has 0 fully saturated rings. The first-order valence-electron chi connectivity index (χ1n) is 6.89. The van der Waals surface area contributed by atoms with E-state index in [2.05, 4.69) is 66.2 Å². The second-order valence-electron chi connectivity index (χ2n) is 6.55. The number of rotatable bonds is 1. The van der Waals surface area contributed by atoms with E-state index in [9.17, 15) is 0 Å². The largest absolute Gasteiger partial charge is 0.358 e. The average Bonchev–Trinajstić information content (AvgIpc) is 2.65. The highest BCUT2D eigenvalue weighted by Gasteiger charge is 2.34. The van der Waals surface area contributed by atoms with Crippen LogP contribution in [0.15, 0.2) is 16.6 Å². The van der Waals surface area contributed by atoms with Crippen molar-refractivity contribution < 1.29 is 0 Å². The van der Waals surface area contributed by atoms with Crippen molar-refractivity contribution in [2.75, 3.05) is 7.05 Å². The molecule has 1 aliphatic carbocycles. The van der Waals surface area contributed by atoms with Gasteiger partial charge in [-0.25, -0.2) is 0 Å². The molecule has 0 saturated carbocycles. The third-order valence-corrected chi connectivity index (χ3v) is 4.76. The zero-order valence-corrected chi connectivity index (χ0v) is 13.6. The smallest absolute Gasteiger partial charge is 0.0490 e. The molecule has 2 aromatic rings. The van der Waals surface area contributed by atoms with Crippen LogP contribution in [0.4, 0.5) is 0 Å².